The van der Waals surface area contributed by atoms with Crippen LogP contribution in [0.5, 0.6) is 0 Å². The van der Waals surface area contributed by atoms with Gasteiger partial charge in [0.1, 0.15) is 0 Å². The van der Waals surface area contributed by atoms with Gasteiger partial charge in [0.15, 0.2) is 0 Å². The van der Waals surface area contributed by atoms with E-state index in [0.29, 0.717) is 10.0 Å². The van der Waals surface area contributed by atoms with Crippen molar-refractivity contribution in [1.29, 1.82) is 0 Å². The number of nitrogens with zero attached hydrogens (tertiary/aromatic N) is 2. The fraction of sp³-hybridized carbons (Fsp3) is 0.250. The van der Waals surface area contributed by atoms with Gasteiger partial charge >= 0.3 is 0 Å². The maximum Gasteiger partial charge on any atom is 0.0946 e. The molecule has 0 radical (unpaired) electrons. The maximum atomic E-state index is 6.42. The molecular weight excluding hydrogens is 451 g/mol. The number of hydrogen-bond acceptors (Lipinski definition) is 2. The minimum Gasteiger partial charge on any atom is -0.336 e. The minimum absolute atomic E-state index is 0.0365. The van der Waals surface area contributed by atoms with E-state index in [1.54, 1.807) is 17.8 Å². The lowest BCUT2D eigenvalue weighted by molar-refractivity contribution is 0.495. The van der Waals surface area contributed by atoms with Crippen LogP contribution < -0.4 is 0 Å². The molecule has 6 heteroatoms. The summed E-state index contributed by atoms with van der Waals surface area (Å²) >= 11 is 17.8. The highest BCUT2D eigenvalue weighted by Crippen LogP contribution is 2.41. The fourth-order valence-electron chi connectivity index (χ4n) is 2.81. The van der Waals surface area contributed by atoms with Crippen molar-refractivity contribution in [2.24, 2.45) is 0 Å². The van der Waals surface area contributed by atoms with Gasteiger partial charge < -0.3 is 4.57 Å². The van der Waals surface area contributed by atoms with E-state index in [0.717, 1.165) is 28.8 Å². The Hall–Kier alpha value is -0.940. The van der Waals surface area contributed by atoms with Crippen molar-refractivity contribution in [3.8, 4) is 0 Å². The Morgan fingerprint density at radius 3 is 2.58 bits per heavy atom. The van der Waals surface area contributed by atoms with Gasteiger partial charge in [-0.3, -0.25) is 0 Å². The van der Waals surface area contributed by atoms with Crippen LogP contribution in [0, 0.1) is 0 Å². The number of halogens is 3. The van der Waals surface area contributed by atoms with Crippen LogP contribution in [0.2, 0.25) is 10.0 Å². The molecule has 0 N–H and O–H groups in total. The van der Waals surface area contributed by atoms with Crippen molar-refractivity contribution in [2.45, 2.75) is 36.0 Å². The molecule has 0 saturated heterocycles. The zero-order valence-corrected chi connectivity index (χ0v) is 18.2. The van der Waals surface area contributed by atoms with E-state index in [2.05, 4.69) is 56.7 Å². The Morgan fingerprint density at radius 1 is 1.15 bits per heavy atom. The summed E-state index contributed by atoms with van der Waals surface area (Å²) in [6, 6.07) is 14.2. The number of imidazole rings is 1. The van der Waals surface area contributed by atoms with Gasteiger partial charge in [-0.1, -0.05) is 51.3 Å². The van der Waals surface area contributed by atoms with Crippen LogP contribution in [0.3, 0.4) is 0 Å². The third kappa shape index (κ3) is 5.53. The van der Waals surface area contributed by atoms with E-state index in [4.69, 9.17) is 23.2 Å². The van der Waals surface area contributed by atoms with Crippen LogP contribution in [0.4, 0.5) is 0 Å². The zero-order valence-electron chi connectivity index (χ0n) is 14.3. The van der Waals surface area contributed by atoms with Crippen molar-refractivity contribution in [3.63, 3.8) is 0 Å². The number of benzene rings is 2. The SMILES string of the molecule is CC(CCc1ccc(Br)cc1)(Cn1ccnc1)Sc1ccc(Cl)cc1Cl. The summed E-state index contributed by atoms with van der Waals surface area (Å²) in [5.41, 5.74) is 1.33. The first-order chi connectivity index (χ1) is 12.4. The summed E-state index contributed by atoms with van der Waals surface area (Å²) < 4.78 is 3.19. The average molecular weight is 470 g/mol. The molecule has 0 saturated carbocycles. The van der Waals surface area contributed by atoms with Crippen molar-refractivity contribution >= 4 is 50.9 Å². The molecule has 1 aromatic heterocycles. The summed E-state index contributed by atoms with van der Waals surface area (Å²) in [6.07, 6.45) is 7.69. The Labute approximate surface area is 177 Å². The minimum atomic E-state index is -0.0365. The molecule has 0 aliphatic carbocycles. The molecule has 2 nitrogen and oxygen atoms in total. The zero-order chi connectivity index (χ0) is 18.6. The number of rotatable bonds is 7. The molecule has 0 aliphatic rings. The highest BCUT2D eigenvalue weighted by molar-refractivity contribution is 9.10. The van der Waals surface area contributed by atoms with Crippen LogP contribution in [0.25, 0.3) is 0 Å². The van der Waals surface area contributed by atoms with Crippen molar-refractivity contribution < 1.29 is 0 Å². The van der Waals surface area contributed by atoms with Crippen LogP contribution in [0.15, 0.2) is 70.6 Å². The Morgan fingerprint density at radius 2 is 1.92 bits per heavy atom. The van der Waals surface area contributed by atoms with Gasteiger partial charge in [0.05, 0.1) is 11.3 Å². The van der Waals surface area contributed by atoms with Crippen molar-refractivity contribution in [3.05, 3.63) is 81.3 Å². The molecule has 2 aromatic carbocycles. The summed E-state index contributed by atoms with van der Waals surface area (Å²) in [5, 5.41) is 1.36. The van der Waals surface area contributed by atoms with Crippen LogP contribution in [-0.2, 0) is 13.0 Å². The Kier molecular flexibility index (Phi) is 6.73. The number of thioether (sulfide) groups is 1. The predicted molar refractivity (Wildman–Crippen MR) is 115 cm³/mol. The number of aromatic nitrogens is 2. The molecule has 0 fully saturated rings. The van der Waals surface area contributed by atoms with Crippen LogP contribution in [-0.4, -0.2) is 14.3 Å². The normalized spacial score (nSPS) is 13.5. The first-order valence-electron chi connectivity index (χ1n) is 8.28. The van der Waals surface area contributed by atoms with E-state index in [9.17, 15) is 0 Å². The predicted octanol–water partition coefficient (Wildman–Crippen LogP) is 7.14. The fourth-order valence-corrected chi connectivity index (χ4v) is 4.84. The van der Waals surface area contributed by atoms with E-state index in [1.807, 2.05) is 30.9 Å². The highest BCUT2D eigenvalue weighted by Gasteiger charge is 2.27. The molecule has 3 rings (SSSR count). The lowest BCUT2D eigenvalue weighted by atomic mass is 10.00. The first kappa shape index (κ1) is 19.8. The van der Waals surface area contributed by atoms with Crippen LogP contribution in [0.1, 0.15) is 18.9 Å². The Bertz CT molecular complexity index is 853. The van der Waals surface area contributed by atoms with Crippen molar-refractivity contribution in [2.75, 3.05) is 0 Å². The van der Waals surface area contributed by atoms with E-state index < -0.39 is 0 Å². The number of aryl methyl sites for hydroxylation is 1. The summed E-state index contributed by atoms with van der Waals surface area (Å²) in [6.45, 7) is 3.13. The van der Waals surface area contributed by atoms with Crippen molar-refractivity contribution in [1.82, 2.24) is 9.55 Å². The van der Waals surface area contributed by atoms with Gasteiger partial charge in [-0.15, -0.1) is 11.8 Å². The molecule has 0 bridgehead atoms. The molecule has 1 heterocycles. The molecule has 3 aromatic rings. The second kappa shape index (κ2) is 8.83. The monoisotopic (exact) mass is 468 g/mol. The summed E-state index contributed by atoms with van der Waals surface area (Å²) in [5.74, 6) is 0. The Balaban J connectivity index is 1.79. The quantitative estimate of drug-likeness (QED) is 0.342. The van der Waals surface area contributed by atoms with Gasteiger partial charge in [0.25, 0.3) is 0 Å². The largest absolute Gasteiger partial charge is 0.336 e. The molecule has 136 valence electrons. The van der Waals surface area contributed by atoms with Gasteiger partial charge in [0.2, 0.25) is 0 Å². The molecular formula is C20H19BrCl2N2S. The summed E-state index contributed by atoms with van der Waals surface area (Å²) in [4.78, 5) is 5.23. The average Bonchev–Trinajstić information content (AvgIpc) is 3.10. The smallest absolute Gasteiger partial charge is 0.0946 e. The van der Waals surface area contributed by atoms with Gasteiger partial charge in [-0.2, -0.15) is 0 Å². The molecule has 0 amide bonds. The van der Waals surface area contributed by atoms with E-state index in [-0.39, 0.29) is 4.75 Å². The second-order valence-electron chi connectivity index (χ2n) is 6.49. The van der Waals surface area contributed by atoms with Crippen LogP contribution >= 0.6 is 50.9 Å². The molecule has 1 atom stereocenters. The number of hydrogen-bond donors (Lipinski definition) is 0. The van der Waals surface area contributed by atoms with E-state index in [1.165, 1.54) is 5.56 Å². The maximum absolute atomic E-state index is 6.42. The third-order valence-corrected chi connectivity index (χ3v) is 6.77. The lowest BCUT2D eigenvalue weighted by Crippen LogP contribution is -2.27. The molecule has 26 heavy (non-hydrogen) atoms. The highest BCUT2D eigenvalue weighted by atomic mass is 79.9. The topological polar surface area (TPSA) is 17.8 Å². The lowest BCUT2D eigenvalue weighted by Gasteiger charge is -2.30. The van der Waals surface area contributed by atoms with E-state index >= 15 is 0 Å². The first-order valence-corrected chi connectivity index (χ1v) is 10.6. The molecule has 0 aliphatic heterocycles. The van der Waals surface area contributed by atoms with Gasteiger partial charge in [-0.25, -0.2) is 4.98 Å². The third-order valence-electron chi connectivity index (χ3n) is 4.18. The molecule has 0 spiro atoms. The van der Waals surface area contributed by atoms with Gasteiger partial charge in [-0.05, 0) is 55.7 Å². The summed E-state index contributed by atoms with van der Waals surface area (Å²) in [7, 11) is 0. The second-order valence-corrected chi connectivity index (χ2v) is 9.88. The standard InChI is InChI=1S/C20H19BrCl2N2S/c1-20(13-25-11-10-24-14-25,9-8-15-2-4-16(21)5-3-15)26-19-7-6-17(22)12-18(19)23/h2-7,10-12,14H,8-9,13H2,1H3. The van der Waals surface area contributed by atoms with Gasteiger partial charge in [0, 0.05) is 38.1 Å². The molecule has 1 unspecified atom stereocenters.